The minimum Gasteiger partial charge on any atom is -0.748 e. The molecule has 0 aromatic carbocycles. The van der Waals surface area contributed by atoms with Crippen molar-refractivity contribution in [2.24, 2.45) is 0 Å². The summed E-state index contributed by atoms with van der Waals surface area (Å²) >= 11 is 0. The molecular weight excluding hydrogens is 192 g/mol. The third-order valence-electron chi connectivity index (χ3n) is 2.25. The molecule has 6 heteroatoms. The largest absolute Gasteiger partial charge is 0.748 e. The summed E-state index contributed by atoms with van der Waals surface area (Å²) in [6, 6.07) is 0. The maximum Gasteiger partial charge on any atom is 0.0958 e. The van der Waals surface area contributed by atoms with Crippen LogP contribution in [0.3, 0.4) is 0 Å². The number of hydrogen-bond acceptors (Lipinski definition) is 5. The van der Waals surface area contributed by atoms with Crippen LogP contribution in [-0.2, 0) is 10.1 Å². The van der Waals surface area contributed by atoms with Crippen LogP contribution in [0.1, 0.15) is 0 Å². The van der Waals surface area contributed by atoms with Crippen LogP contribution in [0.25, 0.3) is 0 Å². The van der Waals surface area contributed by atoms with Crippen molar-refractivity contribution in [3.8, 4) is 0 Å². The SMILES string of the molecule is CN1CCN(CCS(=O)(=O)[O-])CC1. The zero-order valence-electron chi connectivity index (χ0n) is 7.77. The molecular formula is C7H15N2O3S-. The molecule has 5 nitrogen and oxygen atoms in total. The van der Waals surface area contributed by atoms with Gasteiger partial charge in [-0.2, -0.15) is 0 Å². The maximum absolute atomic E-state index is 10.3. The van der Waals surface area contributed by atoms with Crippen molar-refractivity contribution in [1.82, 2.24) is 9.80 Å². The third-order valence-corrected chi connectivity index (χ3v) is 2.94. The zero-order chi connectivity index (χ0) is 9.90. The zero-order valence-corrected chi connectivity index (χ0v) is 8.59. The molecule has 0 aromatic rings. The molecule has 78 valence electrons. The summed E-state index contributed by atoms with van der Waals surface area (Å²) < 4.78 is 31.0. The van der Waals surface area contributed by atoms with Crippen molar-refractivity contribution in [2.75, 3.05) is 45.5 Å². The fourth-order valence-electron chi connectivity index (χ4n) is 1.31. The van der Waals surface area contributed by atoms with Gasteiger partial charge in [0.2, 0.25) is 0 Å². The second-order valence-corrected chi connectivity index (χ2v) is 4.93. The Kier molecular flexibility index (Phi) is 3.66. The molecule has 0 unspecified atom stereocenters. The van der Waals surface area contributed by atoms with Crippen molar-refractivity contribution < 1.29 is 13.0 Å². The number of rotatable bonds is 3. The van der Waals surface area contributed by atoms with Gasteiger partial charge in [0, 0.05) is 32.7 Å². The molecule has 0 bridgehead atoms. The molecule has 1 fully saturated rings. The number of hydrogen-bond donors (Lipinski definition) is 0. The van der Waals surface area contributed by atoms with Crippen LogP contribution in [0.5, 0.6) is 0 Å². The Morgan fingerprint density at radius 2 is 1.77 bits per heavy atom. The molecule has 1 heterocycles. The van der Waals surface area contributed by atoms with E-state index in [4.69, 9.17) is 0 Å². The molecule has 1 rings (SSSR count). The van der Waals surface area contributed by atoms with Gasteiger partial charge in [0.25, 0.3) is 0 Å². The van der Waals surface area contributed by atoms with Gasteiger partial charge in [-0.3, -0.25) is 4.90 Å². The van der Waals surface area contributed by atoms with Gasteiger partial charge < -0.3 is 9.45 Å². The molecule has 0 saturated carbocycles. The highest BCUT2D eigenvalue weighted by Gasteiger charge is 2.13. The second-order valence-electron chi connectivity index (χ2n) is 3.41. The maximum atomic E-state index is 10.3. The summed E-state index contributed by atoms with van der Waals surface area (Å²) in [5.41, 5.74) is 0. The van der Waals surface area contributed by atoms with E-state index in [2.05, 4.69) is 4.90 Å². The van der Waals surface area contributed by atoms with Gasteiger partial charge in [-0.1, -0.05) is 0 Å². The van der Waals surface area contributed by atoms with Crippen LogP contribution >= 0.6 is 0 Å². The minimum atomic E-state index is -4.04. The molecule has 0 radical (unpaired) electrons. The molecule has 0 aromatic heterocycles. The molecule has 0 atom stereocenters. The topological polar surface area (TPSA) is 63.7 Å². The van der Waals surface area contributed by atoms with E-state index in [1.807, 2.05) is 11.9 Å². The molecule has 13 heavy (non-hydrogen) atoms. The van der Waals surface area contributed by atoms with Crippen molar-refractivity contribution >= 4 is 10.1 Å². The van der Waals surface area contributed by atoms with Gasteiger partial charge in [0.1, 0.15) is 0 Å². The smallest absolute Gasteiger partial charge is 0.0958 e. The molecule has 0 spiro atoms. The highest BCUT2D eigenvalue weighted by atomic mass is 32.2. The second kappa shape index (κ2) is 4.36. The first-order chi connectivity index (χ1) is 5.97. The van der Waals surface area contributed by atoms with E-state index in [-0.39, 0.29) is 5.75 Å². The molecule has 0 amide bonds. The summed E-state index contributed by atoms with van der Waals surface area (Å²) in [5.74, 6) is -0.267. The van der Waals surface area contributed by atoms with E-state index in [1.165, 1.54) is 0 Å². The minimum absolute atomic E-state index is 0.267. The van der Waals surface area contributed by atoms with Crippen LogP contribution in [-0.4, -0.2) is 68.3 Å². The quantitative estimate of drug-likeness (QED) is 0.543. The van der Waals surface area contributed by atoms with Gasteiger partial charge in [-0.25, -0.2) is 8.42 Å². The van der Waals surface area contributed by atoms with E-state index in [0.29, 0.717) is 6.54 Å². The molecule has 1 aliphatic heterocycles. The highest BCUT2D eigenvalue weighted by molar-refractivity contribution is 7.85. The molecule has 0 N–H and O–H groups in total. The fourth-order valence-corrected chi connectivity index (χ4v) is 1.79. The van der Waals surface area contributed by atoms with Crippen LogP contribution in [0.15, 0.2) is 0 Å². The van der Waals surface area contributed by atoms with Gasteiger partial charge in [0.15, 0.2) is 0 Å². The lowest BCUT2D eigenvalue weighted by atomic mass is 10.3. The Balaban J connectivity index is 2.24. The van der Waals surface area contributed by atoms with Crippen molar-refractivity contribution in [1.29, 1.82) is 0 Å². The number of piperazine rings is 1. The standard InChI is InChI=1S/C7H16N2O3S/c1-8-2-4-9(5-3-8)6-7-13(10,11)12/h2-7H2,1H3,(H,10,11,12)/p-1. The Morgan fingerprint density at radius 3 is 2.23 bits per heavy atom. The van der Waals surface area contributed by atoms with Crippen LogP contribution in [0.2, 0.25) is 0 Å². The predicted molar refractivity (Wildman–Crippen MR) is 48.5 cm³/mol. The summed E-state index contributed by atoms with van der Waals surface area (Å²) in [7, 11) is -2.01. The number of nitrogens with zero attached hydrogens (tertiary/aromatic N) is 2. The molecule has 1 saturated heterocycles. The lowest BCUT2D eigenvalue weighted by Crippen LogP contribution is -2.45. The monoisotopic (exact) mass is 207 g/mol. The van der Waals surface area contributed by atoms with Crippen LogP contribution in [0, 0.1) is 0 Å². The fraction of sp³-hybridized carbons (Fsp3) is 1.00. The average Bonchev–Trinajstić information content (AvgIpc) is 2.02. The van der Waals surface area contributed by atoms with E-state index in [0.717, 1.165) is 26.2 Å². The summed E-state index contributed by atoms with van der Waals surface area (Å²) in [6.07, 6.45) is 0. The van der Waals surface area contributed by atoms with Crippen LogP contribution in [0.4, 0.5) is 0 Å². The average molecular weight is 207 g/mol. The Bertz CT molecular complexity index is 244. The summed E-state index contributed by atoms with van der Waals surface area (Å²) in [6.45, 7) is 3.97. The molecule has 0 aliphatic carbocycles. The first kappa shape index (κ1) is 10.9. The van der Waals surface area contributed by atoms with Crippen molar-refractivity contribution in [2.45, 2.75) is 0 Å². The van der Waals surface area contributed by atoms with E-state index in [9.17, 15) is 13.0 Å². The predicted octanol–water partition coefficient (Wildman–Crippen LogP) is -1.22. The van der Waals surface area contributed by atoms with Gasteiger partial charge in [-0.05, 0) is 7.05 Å². The Morgan fingerprint density at radius 1 is 1.23 bits per heavy atom. The summed E-state index contributed by atoms with van der Waals surface area (Å²) in [4.78, 5) is 4.19. The summed E-state index contributed by atoms with van der Waals surface area (Å²) in [5, 5.41) is 0. The lowest BCUT2D eigenvalue weighted by Gasteiger charge is -2.32. The van der Waals surface area contributed by atoms with E-state index in [1.54, 1.807) is 0 Å². The van der Waals surface area contributed by atoms with Gasteiger partial charge in [-0.15, -0.1) is 0 Å². The number of likely N-dealkylation sites (N-methyl/N-ethyl adjacent to an activating group) is 1. The van der Waals surface area contributed by atoms with Crippen molar-refractivity contribution in [3.05, 3.63) is 0 Å². The Labute approximate surface area is 79.1 Å². The first-order valence-electron chi connectivity index (χ1n) is 4.32. The molecule has 1 aliphatic rings. The van der Waals surface area contributed by atoms with E-state index >= 15 is 0 Å². The lowest BCUT2D eigenvalue weighted by molar-refractivity contribution is 0.160. The van der Waals surface area contributed by atoms with Gasteiger partial charge >= 0.3 is 0 Å². The van der Waals surface area contributed by atoms with Crippen molar-refractivity contribution in [3.63, 3.8) is 0 Å². The van der Waals surface area contributed by atoms with Gasteiger partial charge in [0.05, 0.1) is 15.9 Å². The normalized spacial score (nSPS) is 22.0. The first-order valence-corrected chi connectivity index (χ1v) is 5.89. The third kappa shape index (κ3) is 4.56. The highest BCUT2D eigenvalue weighted by Crippen LogP contribution is 1.98. The Hall–Kier alpha value is -0.170. The van der Waals surface area contributed by atoms with Crippen LogP contribution < -0.4 is 0 Å². The van der Waals surface area contributed by atoms with E-state index < -0.39 is 10.1 Å².